The molecule has 1 heterocycles. The van der Waals surface area contributed by atoms with Crippen molar-refractivity contribution in [2.75, 3.05) is 10.6 Å². The number of amides is 2. The van der Waals surface area contributed by atoms with E-state index in [2.05, 4.69) is 15.6 Å². The first-order valence-corrected chi connectivity index (χ1v) is 8.91. The van der Waals surface area contributed by atoms with Gasteiger partial charge in [-0.05, 0) is 56.3 Å². The largest absolute Gasteiger partial charge is 0.491 e. The van der Waals surface area contributed by atoms with Gasteiger partial charge in [0.2, 0.25) is 0 Å². The third-order valence-corrected chi connectivity index (χ3v) is 3.78. The fraction of sp³-hybridized carbons (Fsp3) is 0.136. The van der Waals surface area contributed by atoms with E-state index in [1.807, 2.05) is 32.0 Å². The number of ether oxygens (including phenoxy) is 1. The molecule has 0 bridgehead atoms. The van der Waals surface area contributed by atoms with E-state index < -0.39 is 0 Å². The summed E-state index contributed by atoms with van der Waals surface area (Å²) < 4.78 is 5.58. The second kappa shape index (κ2) is 8.81. The number of hydrogen-bond acceptors (Lipinski definition) is 4. The average Bonchev–Trinajstić information content (AvgIpc) is 2.70. The van der Waals surface area contributed by atoms with Crippen LogP contribution < -0.4 is 15.4 Å². The van der Waals surface area contributed by atoms with Gasteiger partial charge >= 0.3 is 0 Å². The molecule has 3 rings (SSSR count). The minimum Gasteiger partial charge on any atom is -0.491 e. The maximum atomic E-state index is 12.5. The molecule has 6 nitrogen and oxygen atoms in total. The van der Waals surface area contributed by atoms with E-state index in [9.17, 15) is 9.59 Å². The SMILES string of the molecule is CC(C)Oc1ccc(NC(=O)c2cncc(C(=O)Nc3ccccc3)c2)cc1. The van der Waals surface area contributed by atoms with E-state index in [0.717, 1.165) is 5.75 Å². The zero-order chi connectivity index (χ0) is 19.9. The minimum atomic E-state index is -0.348. The number of nitrogens with one attached hydrogen (secondary N) is 2. The van der Waals surface area contributed by atoms with Gasteiger partial charge in [-0.15, -0.1) is 0 Å². The van der Waals surface area contributed by atoms with Crippen LogP contribution in [0.15, 0.2) is 73.1 Å². The second-order valence-corrected chi connectivity index (χ2v) is 6.43. The lowest BCUT2D eigenvalue weighted by atomic mass is 10.1. The van der Waals surface area contributed by atoms with Crippen molar-refractivity contribution >= 4 is 23.2 Å². The molecule has 6 heteroatoms. The van der Waals surface area contributed by atoms with Crippen molar-refractivity contribution in [1.82, 2.24) is 4.98 Å². The first kappa shape index (κ1) is 19.1. The highest BCUT2D eigenvalue weighted by molar-refractivity contribution is 6.08. The van der Waals surface area contributed by atoms with Crippen molar-refractivity contribution < 1.29 is 14.3 Å². The van der Waals surface area contributed by atoms with Crippen LogP contribution in [0.25, 0.3) is 0 Å². The molecule has 28 heavy (non-hydrogen) atoms. The number of hydrogen-bond donors (Lipinski definition) is 2. The molecule has 0 saturated carbocycles. The van der Waals surface area contributed by atoms with Crippen molar-refractivity contribution in [1.29, 1.82) is 0 Å². The summed E-state index contributed by atoms with van der Waals surface area (Å²) in [6.45, 7) is 3.90. The Bertz CT molecular complexity index is 954. The fourth-order valence-electron chi connectivity index (χ4n) is 2.51. The summed E-state index contributed by atoms with van der Waals surface area (Å²) in [5.41, 5.74) is 1.90. The highest BCUT2D eigenvalue weighted by Crippen LogP contribution is 2.18. The van der Waals surface area contributed by atoms with Crippen molar-refractivity contribution in [3.8, 4) is 5.75 Å². The molecule has 0 atom stereocenters. The third-order valence-electron chi connectivity index (χ3n) is 3.78. The van der Waals surface area contributed by atoms with Crippen LogP contribution in [0.4, 0.5) is 11.4 Å². The molecule has 2 aromatic carbocycles. The van der Waals surface area contributed by atoms with Crippen molar-refractivity contribution in [3.05, 3.63) is 84.2 Å². The summed E-state index contributed by atoms with van der Waals surface area (Å²) >= 11 is 0. The maximum absolute atomic E-state index is 12.5. The molecule has 0 spiro atoms. The van der Waals surface area contributed by atoms with E-state index >= 15 is 0 Å². The first-order valence-electron chi connectivity index (χ1n) is 8.91. The molecule has 1 aromatic heterocycles. The molecule has 2 N–H and O–H groups in total. The zero-order valence-corrected chi connectivity index (χ0v) is 15.7. The first-order chi connectivity index (χ1) is 13.5. The van der Waals surface area contributed by atoms with Gasteiger partial charge < -0.3 is 15.4 Å². The predicted molar refractivity (Wildman–Crippen MR) is 109 cm³/mol. The van der Waals surface area contributed by atoms with Gasteiger partial charge in [0.15, 0.2) is 0 Å². The van der Waals surface area contributed by atoms with E-state index in [1.165, 1.54) is 18.5 Å². The summed E-state index contributed by atoms with van der Waals surface area (Å²) in [6.07, 6.45) is 2.93. The van der Waals surface area contributed by atoms with Crippen LogP contribution in [0.3, 0.4) is 0 Å². The van der Waals surface area contributed by atoms with Crippen LogP contribution in [0.1, 0.15) is 34.6 Å². The second-order valence-electron chi connectivity index (χ2n) is 6.43. The van der Waals surface area contributed by atoms with E-state index in [-0.39, 0.29) is 17.9 Å². The van der Waals surface area contributed by atoms with Gasteiger partial charge in [0.1, 0.15) is 5.75 Å². The Hall–Kier alpha value is -3.67. The van der Waals surface area contributed by atoms with Crippen LogP contribution in [0, 0.1) is 0 Å². The van der Waals surface area contributed by atoms with Gasteiger partial charge in [-0.3, -0.25) is 14.6 Å². The fourth-order valence-corrected chi connectivity index (χ4v) is 2.51. The van der Waals surface area contributed by atoms with Crippen molar-refractivity contribution in [3.63, 3.8) is 0 Å². The molecule has 142 valence electrons. The van der Waals surface area contributed by atoms with Gasteiger partial charge in [0.25, 0.3) is 11.8 Å². The third kappa shape index (κ3) is 5.17. The van der Waals surface area contributed by atoms with Crippen LogP contribution in [0.5, 0.6) is 5.75 Å². The summed E-state index contributed by atoms with van der Waals surface area (Å²) in [5, 5.41) is 5.56. The molecular formula is C22H21N3O3. The normalized spacial score (nSPS) is 10.4. The Morgan fingerprint density at radius 2 is 1.36 bits per heavy atom. The van der Waals surface area contributed by atoms with Gasteiger partial charge in [0, 0.05) is 23.8 Å². The highest BCUT2D eigenvalue weighted by atomic mass is 16.5. The summed E-state index contributed by atoms with van der Waals surface area (Å²) in [5.74, 6) is 0.0529. The Kier molecular flexibility index (Phi) is 6.01. The van der Waals surface area contributed by atoms with Crippen molar-refractivity contribution in [2.24, 2.45) is 0 Å². The Morgan fingerprint density at radius 1 is 0.821 bits per heavy atom. The van der Waals surface area contributed by atoms with E-state index in [4.69, 9.17) is 4.74 Å². The quantitative estimate of drug-likeness (QED) is 0.670. The van der Waals surface area contributed by atoms with Gasteiger partial charge in [-0.2, -0.15) is 0 Å². The standard InChI is InChI=1S/C22H21N3O3/c1-15(2)28-20-10-8-19(9-11-20)25-22(27)17-12-16(13-23-14-17)21(26)24-18-6-4-3-5-7-18/h3-15H,1-2H3,(H,24,26)(H,25,27). The Labute approximate surface area is 163 Å². The number of carbonyl (C=O) groups excluding carboxylic acids is 2. The van der Waals surface area contributed by atoms with Crippen LogP contribution >= 0.6 is 0 Å². The number of nitrogens with zero attached hydrogens (tertiary/aromatic N) is 1. The van der Waals surface area contributed by atoms with Gasteiger partial charge in [-0.25, -0.2) is 0 Å². The number of para-hydroxylation sites is 1. The average molecular weight is 375 g/mol. The molecule has 0 aliphatic rings. The number of rotatable bonds is 6. The predicted octanol–water partition coefficient (Wildman–Crippen LogP) is 4.37. The number of pyridine rings is 1. The van der Waals surface area contributed by atoms with Crippen LogP contribution in [0.2, 0.25) is 0 Å². The zero-order valence-electron chi connectivity index (χ0n) is 15.7. The van der Waals surface area contributed by atoms with Crippen LogP contribution in [-0.4, -0.2) is 22.9 Å². The van der Waals surface area contributed by atoms with Gasteiger partial charge in [-0.1, -0.05) is 18.2 Å². The molecule has 0 unspecified atom stereocenters. The summed E-state index contributed by atoms with van der Waals surface area (Å²) in [6, 6.07) is 17.7. The molecule has 0 fully saturated rings. The Morgan fingerprint density at radius 3 is 1.89 bits per heavy atom. The number of anilines is 2. The molecule has 2 amide bonds. The molecule has 0 aliphatic carbocycles. The number of aromatic nitrogens is 1. The maximum Gasteiger partial charge on any atom is 0.257 e. The topological polar surface area (TPSA) is 80.3 Å². The lowest BCUT2D eigenvalue weighted by Crippen LogP contribution is -2.16. The Balaban J connectivity index is 1.67. The molecule has 3 aromatic rings. The summed E-state index contributed by atoms with van der Waals surface area (Å²) in [4.78, 5) is 28.9. The molecule has 0 aliphatic heterocycles. The smallest absolute Gasteiger partial charge is 0.257 e. The summed E-state index contributed by atoms with van der Waals surface area (Å²) in [7, 11) is 0. The number of carbonyl (C=O) groups is 2. The van der Waals surface area contributed by atoms with Gasteiger partial charge in [0.05, 0.1) is 17.2 Å². The lowest BCUT2D eigenvalue weighted by Gasteiger charge is -2.11. The van der Waals surface area contributed by atoms with Crippen LogP contribution in [-0.2, 0) is 0 Å². The lowest BCUT2D eigenvalue weighted by molar-refractivity contribution is 0.102. The van der Waals surface area contributed by atoms with E-state index in [0.29, 0.717) is 22.5 Å². The molecule has 0 saturated heterocycles. The monoisotopic (exact) mass is 375 g/mol. The minimum absolute atomic E-state index is 0.0799. The number of benzene rings is 2. The van der Waals surface area contributed by atoms with E-state index in [1.54, 1.807) is 36.4 Å². The molecule has 0 radical (unpaired) electrons. The van der Waals surface area contributed by atoms with Crippen molar-refractivity contribution in [2.45, 2.75) is 20.0 Å². The highest BCUT2D eigenvalue weighted by Gasteiger charge is 2.12. The molecular weight excluding hydrogens is 354 g/mol.